The van der Waals surface area contributed by atoms with E-state index in [-0.39, 0.29) is 18.2 Å². The summed E-state index contributed by atoms with van der Waals surface area (Å²) in [5.74, 6) is -0.576. The number of hydrogen-bond donors (Lipinski definition) is 1. The Bertz CT molecular complexity index is 648. The average molecular weight is 450 g/mol. The van der Waals surface area contributed by atoms with E-state index in [4.69, 9.17) is 9.84 Å². The van der Waals surface area contributed by atoms with Crippen molar-refractivity contribution in [1.82, 2.24) is 0 Å². The third-order valence-electron chi connectivity index (χ3n) is 2.68. The van der Waals surface area contributed by atoms with Crippen LogP contribution in [0.25, 0.3) is 0 Å². The molecule has 0 aliphatic rings. The zero-order chi connectivity index (χ0) is 17.2. The molecule has 6 heteroatoms. The molecule has 0 radical (unpaired) electrons. The van der Waals surface area contributed by atoms with Crippen LogP contribution in [0.2, 0.25) is 0 Å². The number of benzene rings is 2. The lowest BCUT2D eigenvalue weighted by Crippen LogP contribution is -1.94. The summed E-state index contributed by atoms with van der Waals surface area (Å²) in [4.78, 5) is 0. The van der Waals surface area contributed by atoms with Crippen molar-refractivity contribution in [3.05, 3.63) is 80.8 Å². The Morgan fingerprint density at radius 2 is 1.52 bits per heavy atom. The maximum absolute atomic E-state index is 12.8. The van der Waals surface area contributed by atoms with Crippen LogP contribution in [0.1, 0.15) is 11.1 Å². The van der Waals surface area contributed by atoms with Gasteiger partial charge >= 0.3 is 0 Å². The summed E-state index contributed by atoms with van der Waals surface area (Å²) < 4.78 is 31.9. The van der Waals surface area contributed by atoms with E-state index in [1.54, 1.807) is 18.2 Å². The molecule has 2 nitrogen and oxygen atoms in total. The van der Waals surface area contributed by atoms with E-state index in [0.717, 1.165) is 14.5 Å². The third-order valence-corrected chi connectivity index (χ3v) is 4.23. The van der Waals surface area contributed by atoms with Crippen molar-refractivity contribution in [3.63, 3.8) is 0 Å². The van der Waals surface area contributed by atoms with Gasteiger partial charge in [-0.3, -0.25) is 0 Å². The van der Waals surface area contributed by atoms with Gasteiger partial charge in [-0.1, -0.05) is 37.9 Å². The molecule has 1 N–H and O–H groups in total. The van der Waals surface area contributed by atoms with Crippen LogP contribution in [0.5, 0.6) is 0 Å². The Morgan fingerprint density at radius 3 is 2.00 bits per heavy atom. The molecule has 0 spiro atoms. The highest BCUT2D eigenvalue weighted by atomic mass is 79.9. The molecule has 0 fully saturated rings. The number of aliphatic hydroxyl groups excluding tert-OH is 1. The first-order chi connectivity index (χ1) is 11.0. The smallest absolute Gasteiger partial charge is 0.123 e. The minimum absolute atomic E-state index is 0.141. The van der Waals surface area contributed by atoms with Crippen LogP contribution in [0.4, 0.5) is 8.78 Å². The van der Waals surface area contributed by atoms with Crippen molar-refractivity contribution in [3.8, 4) is 0 Å². The first kappa shape index (κ1) is 20.0. The van der Waals surface area contributed by atoms with Crippen LogP contribution < -0.4 is 0 Å². The number of aliphatic hydroxyl groups is 1. The van der Waals surface area contributed by atoms with Gasteiger partial charge < -0.3 is 9.84 Å². The Hall–Kier alpha value is -1.08. The summed E-state index contributed by atoms with van der Waals surface area (Å²) in [5, 5.41) is 8.65. The second-order valence-electron chi connectivity index (χ2n) is 4.43. The molecule has 0 bridgehead atoms. The van der Waals surface area contributed by atoms with Gasteiger partial charge in [0.05, 0.1) is 19.8 Å². The molecule has 0 heterocycles. The maximum Gasteiger partial charge on any atom is 0.123 e. The predicted molar refractivity (Wildman–Crippen MR) is 94.0 cm³/mol. The molecule has 2 rings (SSSR count). The molecular weight excluding hydrogens is 434 g/mol. The van der Waals surface area contributed by atoms with Crippen molar-refractivity contribution < 1.29 is 18.6 Å². The molecule has 0 amide bonds. The largest absolute Gasteiger partial charge is 0.392 e. The average Bonchev–Trinajstić information content (AvgIpc) is 2.54. The quantitative estimate of drug-likeness (QED) is 0.491. The highest BCUT2D eigenvalue weighted by Crippen LogP contribution is 2.18. The SMILES string of the molecule is C=CCOCc1cc(F)ccc1Br.OCc1cc(F)ccc1Br. The summed E-state index contributed by atoms with van der Waals surface area (Å²) in [6.45, 7) is 4.25. The highest BCUT2D eigenvalue weighted by Gasteiger charge is 2.01. The maximum atomic E-state index is 12.8. The van der Waals surface area contributed by atoms with E-state index in [2.05, 4.69) is 38.4 Å². The number of rotatable bonds is 5. The molecule has 0 saturated carbocycles. The zero-order valence-corrected chi connectivity index (χ0v) is 15.4. The second kappa shape index (κ2) is 10.6. The summed E-state index contributed by atoms with van der Waals surface area (Å²) in [6, 6.07) is 8.73. The lowest BCUT2D eigenvalue weighted by atomic mass is 10.2. The molecule has 124 valence electrons. The van der Waals surface area contributed by atoms with E-state index < -0.39 is 0 Å². The van der Waals surface area contributed by atoms with Crippen LogP contribution >= 0.6 is 31.9 Å². The van der Waals surface area contributed by atoms with Crippen molar-refractivity contribution >= 4 is 31.9 Å². The fraction of sp³-hybridized carbons (Fsp3) is 0.176. The monoisotopic (exact) mass is 448 g/mol. The van der Waals surface area contributed by atoms with E-state index >= 15 is 0 Å². The molecule has 0 aliphatic carbocycles. The van der Waals surface area contributed by atoms with E-state index in [1.165, 1.54) is 24.3 Å². The van der Waals surface area contributed by atoms with E-state index in [9.17, 15) is 8.78 Å². The lowest BCUT2D eigenvalue weighted by molar-refractivity contribution is 0.148. The molecule has 23 heavy (non-hydrogen) atoms. The Labute approximate surface area is 151 Å². The van der Waals surface area contributed by atoms with Gasteiger partial charge in [0, 0.05) is 8.95 Å². The highest BCUT2D eigenvalue weighted by molar-refractivity contribution is 9.10. The summed E-state index contributed by atoms with van der Waals surface area (Å²) in [5.41, 5.74) is 1.38. The standard InChI is InChI=1S/C10H10BrFO.C7H6BrFO/c1-2-5-13-7-8-6-9(12)3-4-10(8)11;8-7-2-1-6(9)3-5(7)4-10/h2-4,6H,1,5,7H2;1-3,10H,4H2. The number of halogens is 4. The molecule has 2 aromatic carbocycles. The van der Waals surface area contributed by atoms with Crippen LogP contribution in [-0.2, 0) is 18.0 Å². The predicted octanol–water partition coefficient (Wildman–Crippen LogP) is 5.37. The van der Waals surface area contributed by atoms with Gasteiger partial charge in [-0.2, -0.15) is 0 Å². The Kier molecular flexibility index (Phi) is 9.24. The number of hydrogen-bond acceptors (Lipinski definition) is 2. The van der Waals surface area contributed by atoms with Gasteiger partial charge in [0.15, 0.2) is 0 Å². The second-order valence-corrected chi connectivity index (χ2v) is 6.14. The van der Waals surface area contributed by atoms with Gasteiger partial charge in [0.1, 0.15) is 11.6 Å². The Morgan fingerprint density at radius 1 is 1.00 bits per heavy atom. The topological polar surface area (TPSA) is 29.5 Å². The van der Waals surface area contributed by atoms with Crippen LogP contribution in [-0.4, -0.2) is 11.7 Å². The zero-order valence-electron chi connectivity index (χ0n) is 12.2. The molecular formula is C17H16Br2F2O2. The first-order valence-corrected chi connectivity index (χ1v) is 8.24. The summed E-state index contributed by atoms with van der Waals surface area (Å²) >= 11 is 6.47. The molecule has 2 aromatic rings. The van der Waals surface area contributed by atoms with Gasteiger partial charge in [-0.25, -0.2) is 8.78 Å². The van der Waals surface area contributed by atoms with Gasteiger partial charge in [0.2, 0.25) is 0 Å². The Balaban J connectivity index is 0.000000238. The first-order valence-electron chi connectivity index (χ1n) is 6.65. The van der Waals surface area contributed by atoms with E-state index in [1.807, 2.05) is 0 Å². The molecule has 0 atom stereocenters. The van der Waals surface area contributed by atoms with Crippen LogP contribution in [0, 0.1) is 11.6 Å². The third kappa shape index (κ3) is 7.35. The minimum Gasteiger partial charge on any atom is -0.392 e. The van der Waals surface area contributed by atoms with Crippen LogP contribution in [0.15, 0.2) is 58.0 Å². The van der Waals surface area contributed by atoms with Crippen LogP contribution in [0.3, 0.4) is 0 Å². The van der Waals surface area contributed by atoms with Gasteiger partial charge in [-0.15, -0.1) is 6.58 Å². The van der Waals surface area contributed by atoms with Gasteiger partial charge in [-0.05, 0) is 47.5 Å². The molecule has 0 aliphatic heterocycles. The number of ether oxygens (including phenoxy) is 1. The van der Waals surface area contributed by atoms with E-state index in [0.29, 0.717) is 18.8 Å². The minimum atomic E-state index is -0.327. The molecule has 0 aromatic heterocycles. The fourth-order valence-electron chi connectivity index (χ4n) is 1.57. The van der Waals surface area contributed by atoms with Crippen molar-refractivity contribution in [2.75, 3.05) is 6.61 Å². The van der Waals surface area contributed by atoms with Crippen molar-refractivity contribution in [2.24, 2.45) is 0 Å². The summed E-state index contributed by atoms with van der Waals surface area (Å²) in [7, 11) is 0. The molecule has 0 unspecified atom stereocenters. The summed E-state index contributed by atoms with van der Waals surface area (Å²) in [6.07, 6.45) is 1.66. The normalized spacial score (nSPS) is 9.96. The lowest BCUT2D eigenvalue weighted by Gasteiger charge is -2.04. The fourth-order valence-corrected chi connectivity index (χ4v) is 2.30. The van der Waals surface area contributed by atoms with Gasteiger partial charge in [0.25, 0.3) is 0 Å². The van der Waals surface area contributed by atoms with Crippen molar-refractivity contribution in [2.45, 2.75) is 13.2 Å². The molecule has 0 saturated heterocycles. The van der Waals surface area contributed by atoms with Crippen molar-refractivity contribution in [1.29, 1.82) is 0 Å².